The molecule has 2 aliphatic rings. The van der Waals surface area contributed by atoms with E-state index in [-0.39, 0.29) is 0 Å². The van der Waals surface area contributed by atoms with Gasteiger partial charge >= 0.3 is 0 Å². The van der Waals surface area contributed by atoms with Gasteiger partial charge in [0.15, 0.2) is 5.11 Å². The van der Waals surface area contributed by atoms with Gasteiger partial charge in [0, 0.05) is 24.9 Å². The zero-order valence-electron chi connectivity index (χ0n) is 16.1. The number of rotatable bonds is 6. The first-order valence-corrected chi connectivity index (χ1v) is 10.2. The Kier molecular flexibility index (Phi) is 6.59. The molecule has 2 fully saturated rings. The van der Waals surface area contributed by atoms with Crippen LogP contribution in [0.5, 0.6) is 11.5 Å². The molecule has 0 aliphatic carbocycles. The molecule has 6 heteroatoms. The standard InChI is InChI=1S/C20H31N3O2S/c1-4-10-23-15-6-5-7-16(23)12-14(11-15)21-20(26)22-18-9-8-17(24-2)13-19(18)25-3/h8-9,13-16H,4-7,10-12H2,1-3H3,(H2,21,22,26)/p+1/t14?,15-,16+. The molecule has 5 nitrogen and oxygen atoms in total. The van der Waals surface area contributed by atoms with Gasteiger partial charge < -0.3 is 25.0 Å². The zero-order valence-corrected chi connectivity index (χ0v) is 17.0. The van der Waals surface area contributed by atoms with Crippen LogP contribution >= 0.6 is 12.2 Å². The number of thiocarbonyl (C=S) groups is 1. The average Bonchev–Trinajstić information content (AvgIpc) is 2.62. The normalized spacial score (nSPS) is 27.5. The van der Waals surface area contributed by atoms with Crippen molar-refractivity contribution in [1.29, 1.82) is 0 Å². The smallest absolute Gasteiger partial charge is 0.171 e. The highest BCUT2D eigenvalue weighted by Gasteiger charge is 2.41. The zero-order chi connectivity index (χ0) is 18.5. The molecule has 144 valence electrons. The lowest BCUT2D eigenvalue weighted by molar-refractivity contribution is -0.961. The summed E-state index contributed by atoms with van der Waals surface area (Å²) in [5, 5.41) is 7.53. The highest BCUT2D eigenvalue weighted by atomic mass is 32.1. The van der Waals surface area contributed by atoms with Crippen LogP contribution in [0.3, 0.4) is 0 Å². The molecule has 1 aromatic carbocycles. The number of hydrogen-bond donors (Lipinski definition) is 3. The van der Waals surface area contributed by atoms with Gasteiger partial charge in [-0.2, -0.15) is 0 Å². The number of benzene rings is 1. The molecule has 3 rings (SSSR count). The van der Waals surface area contributed by atoms with Gasteiger partial charge in [-0.1, -0.05) is 6.92 Å². The predicted octanol–water partition coefficient (Wildman–Crippen LogP) is 2.37. The average molecular weight is 379 g/mol. The SMILES string of the molecule is CCC[NH+]1[C@@H]2CCC[C@H]1CC(NC(=S)Nc1ccc(OC)cc1OC)C2. The van der Waals surface area contributed by atoms with Crippen molar-refractivity contribution >= 4 is 23.0 Å². The summed E-state index contributed by atoms with van der Waals surface area (Å²) in [5.41, 5.74) is 0.861. The molecule has 0 radical (unpaired) electrons. The minimum Gasteiger partial charge on any atom is -0.497 e. The molecule has 2 unspecified atom stereocenters. The number of piperidine rings is 2. The van der Waals surface area contributed by atoms with E-state index in [2.05, 4.69) is 17.6 Å². The molecule has 0 saturated carbocycles. The van der Waals surface area contributed by atoms with Crippen LogP contribution in [0.25, 0.3) is 0 Å². The van der Waals surface area contributed by atoms with Crippen molar-refractivity contribution in [3.05, 3.63) is 18.2 Å². The monoisotopic (exact) mass is 378 g/mol. The first kappa shape index (κ1) is 19.2. The Balaban J connectivity index is 1.59. The molecule has 2 saturated heterocycles. The minimum atomic E-state index is 0.468. The second-order valence-corrected chi connectivity index (χ2v) is 7.89. The summed E-state index contributed by atoms with van der Waals surface area (Å²) in [5.74, 6) is 1.50. The number of anilines is 1. The lowest BCUT2D eigenvalue weighted by atomic mass is 9.81. The summed E-state index contributed by atoms with van der Waals surface area (Å²) in [7, 11) is 3.31. The minimum absolute atomic E-state index is 0.468. The van der Waals surface area contributed by atoms with Crippen molar-refractivity contribution in [3.8, 4) is 11.5 Å². The van der Waals surface area contributed by atoms with Crippen molar-refractivity contribution in [2.75, 3.05) is 26.1 Å². The third kappa shape index (κ3) is 4.41. The predicted molar refractivity (Wildman–Crippen MR) is 109 cm³/mol. The molecule has 4 atom stereocenters. The fourth-order valence-electron chi connectivity index (χ4n) is 4.70. The number of fused-ring (bicyclic) bond motifs is 2. The Morgan fingerprint density at radius 2 is 1.92 bits per heavy atom. The van der Waals surface area contributed by atoms with E-state index >= 15 is 0 Å². The quantitative estimate of drug-likeness (QED) is 0.664. The number of ether oxygens (including phenoxy) is 2. The molecule has 2 aliphatic heterocycles. The van der Waals surface area contributed by atoms with E-state index in [9.17, 15) is 0 Å². The lowest BCUT2D eigenvalue weighted by Crippen LogP contribution is -3.21. The molecule has 2 bridgehead atoms. The van der Waals surface area contributed by atoms with Crippen molar-refractivity contribution in [2.45, 2.75) is 63.6 Å². The van der Waals surface area contributed by atoms with Crippen molar-refractivity contribution in [3.63, 3.8) is 0 Å². The van der Waals surface area contributed by atoms with Gasteiger partial charge in [-0.05, 0) is 50.0 Å². The van der Waals surface area contributed by atoms with E-state index in [0.29, 0.717) is 11.2 Å². The molecule has 0 spiro atoms. The van der Waals surface area contributed by atoms with Gasteiger partial charge in [-0.25, -0.2) is 0 Å². The summed E-state index contributed by atoms with van der Waals surface area (Å²) in [6.45, 7) is 3.61. The highest BCUT2D eigenvalue weighted by Crippen LogP contribution is 2.29. The van der Waals surface area contributed by atoms with Crippen molar-refractivity contribution < 1.29 is 14.4 Å². The topological polar surface area (TPSA) is 47.0 Å². The van der Waals surface area contributed by atoms with Gasteiger partial charge in [0.25, 0.3) is 0 Å². The Morgan fingerprint density at radius 3 is 2.54 bits per heavy atom. The van der Waals surface area contributed by atoms with Gasteiger partial charge in [0.1, 0.15) is 11.5 Å². The Morgan fingerprint density at radius 1 is 1.19 bits per heavy atom. The molecule has 26 heavy (non-hydrogen) atoms. The van der Waals surface area contributed by atoms with Gasteiger partial charge in [-0.15, -0.1) is 0 Å². The summed E-state index contributed by atoms with van der Waals surface area (Å²) >= 11 is 5.58. The fourth-order valence-corrected chi connectivity index (χ4v) is 4.97. The van der Waals surface area contributed by atoms with Crippen LogP contribution in [0.2, 0.25) is 0 Å². The number of hydrogen-bond acceptors (Lipinski definition) is 3. The van der Waals surface area contributed by atoms with E-state index in [1.807, 2.05) is 23.1 Å². The fraction of sp³-hybridized carbons (Fsp3) is 0.650. The van der Waals surface area contributed by atoms with Crippen molar-refractivity contribution in [2.24, 2.45) is 0 Å². The van der Waals surface area contributed by atoms with E-state index in [1.165, 1.54) is 45.1 Å². The largest absolute Gasteiger partial charge is 0.497 e. The number of nitrogens with one attached hydrogen (secondary N) is 3. The highest BCUT2D eigenvalue weighted by molar-refractivity contribution is 7.80. The molecular formula is C20H32N3O2S+. The molecular weight excluding hydrogens is 346 g/mol. The maximum absolute atomic E-state index is 5.58. The number of methoxy groups -OCH3 is 2. The van der Waals surface area contributed by atoms with E-state index in [0.717, 1.165) is 29.3 Å². The third-order valence-electron chi connectivity index (χ3n) is 5.82. The first-order valence-electron chi connectivity index (χ1n) is 9.79. The van der Waals surface area contributed by atoms with E-state index < -0.39 is 0 Å². The van der Waals surface area contributed by atoms with Crippen molar-refractivity contribution in [1.82, 2.24) is 5.32 Å². The van der Waals surface area contributed by atoms with Gasteiger partial charge in [0.05, 0.1) is 38.5 Å². The van der Waals surface area contributed by atoms with Crippen LogP contribution in [-0.2, 0) is 0 Å². The van der Waals surface area contributed by atoms with E-state index in [4.69, 9.17) is 21.7 Å². The molecule has 1 aromatic rings. The Labute approximate surface area is 162 Å². The Bertz CT molecular complexity index is 611. The second-order valence-electron chi connectivity index (χ2n) is 7.48. The molecule has 0 aromatic heterocycles. The third-order valence-corrected chi connectivity index (χ3v) is 6.04. The maximum Gasteiger partial charge on any atom is 0.171 e. The summed E-state index contributed by atoms with van der Waals surface area (Å²) < 4.78 is 10.7. The van der Waals surface area contributed by atoms with Gasteiger partial charge in [0.2, 0.25) is 0 Å². The molecule has 3 N–H and O–H groups in total. The molecule has 0 amide bonds. The lowest BCUT2D eigenvalue weighted by Gasteiger charge is -2.46. The van der Waals surface area contributed by atoms with Crippen LogP contribution in [0.4, 0.5) is 5.69 Å². The van der Waals surface area contributed by atoms with Crippen LogP contribution < -0.4 is 25.0 Å². The van der Waals surface area contributed by atoms with Crippen LogP contribution in [-0.4, -0.2) is 44.0 Å². The maximum atomic E-state index is 5.58. The summed E-state index contributed by atoms with van der Waals surface area (Å²) in [4.78, 5) is 1.84. The first-order chi connectivity index (χ1) is 12.6. The Hall–Kier alpha value is -1.53. The van der Waals surface area contributed by atoms with Crippen LogP contribution in [0.1, 0.15) is 45.4 Å². The molecule has 2 heterocycles. The second kappa shape index (κ2) is 8.91. The van der Waals surface area contributed by atoms with Crippen LogP contribution in [0, 0.1) is 0 Å². The van der Waals surface area contributed by atoms with E-state index in [1.54, 1.807) is 14.2 Å². The summed E-state index contributed by atoms with van der Waals surface area (Å²) in [6, 6.07) is 7.76. The van der Waals surface area contributed by atoms with Crippen LogP contribution in [0.15, 0.2) is 18.2 Å². The van der Waals surface area contributed by atoms with Gasteiger partial charge in [-0.3, -0.25) is 0 Å². The number of quaternary nitrogens is 1. The summed E-state index contributed by atoms with van der Waals surface area (Å²) in [6.07, 6.45) is 7.81.